The van der Waals surface area contributed by atoms with Crippen molar-refractivity contribution < 1.29 is 13.2 Å². The summed E-state index contributed by atoms with van der Waals surface area (Å²) in [6.45, 7) is 0.240. The van der Waals surface area contributed by atoms with Crippen molar-refractivity contribution in [3.8, 4) is 0 Å². The third kappa shape index (κ3) is 3.22. The van der Waals surface area contributed by atoms with E-state index in [9.17, 15) is 13.2 Å². The van der Waals surface area contributed by atoms with Crippen molar-refractivity contribution >= 4 is 26.9 Å². The summed E-state index contributed by atoms with van der Waals surface area (Å²) in [5.41, 5.74) is 1.74. The van der Waals surface area contributed by atoms with E-state index in [-0.39, 0.29) is 12.3 Å². The molecule has 1 aromatic heterocycles. The Morgan fingerprint density at radius 2 is 2.19 bits per heavy atom. The largest absolute Gasteiger partial charge is 0.340 e. The van der Waals surface area contributed by atoms with Gasteiger partial charge in [0, 0.05) is 5.41 Å². The summed E-state index contributed by atoms with van der Waals surface area (Å²) < 4.78 is 22.5. The number of fused-ring (bicyclic) bond motifs is 1. The molecule has 0 saturated heterocycles. The lowest BCUT2D eigenvalue weighted by atomic mass is 10.3. The highest BCUT2D eigenvalue weighted by atomic mass is 32.2. The van der Waals surface area contributed by atoms with E-state index in [1.54, 1.807) is 0 Å². The van der Waals surface area contributed by atoms with Crippen LogP contribution >= 0.6 is 0 Å². The van der Waals surface area contributed by atoms with Crippen molar-refractivity contribution in [1.29, 1.82) is 0 Å². The van der Waals surface area contributed by atoms with Crippen molar-refractivity contribution in [2.45, 2.75) is 12.6 Å². The second kappa shape index (κ2) is 5.21. The maximum Gasteiger partial charge on any atom is 0.315 e. The average molecular weight is 306 g/mol. The quantitative estimate of drug-likeness (QED) is 0.775. The maximum absolute atomic E-state index is 11.7. The zero-order chi connectivity index (χ0) is 14.9. The minimum Gasteiger partial charge on any atom is -0.340 e. The lowest BCUT2D eigenvalue weighted by molar-refractivity contribution is 0.239. The molecule has 1 aliphatic rings. The molecule has 7 nitrogen and oxygen atoms in total. The topological polar surface area (TPSA) is 104 Å². The molecule has 2 aromatic rings. The molecule has 0 unspecified atom stereocenters. The number of urea groups is 1. The van der Waals surface area contributed by atoms with Crippen molar-refractivity contribution in [3.05, 3.63) is 41.6 Å². The molecule has 2 amide bonds. The van der Waals surface area contributed by atoms with Gasteiger partial charge in [-0.15, -0.1) is 0 Å². The molecule has 3 rings (SSSR count). The highest BCUT2D eigenvalue weighted by molar-refractivity contribution is 7.94. The Kier molecular flexibility index (Phi) is 3.38. The Morgan fingerprint density at radius 1 is 1.38 bits per heavy atom. The van der Waals surface area contributed by atoms with Gasteiger partial charge in [0.2, 0.25) is 0 Å². The molecule has 21 heavy (non-hydrogen) atoms. The molecule has 110 valence electrons. The Labute approximate surface area is 121 Å². The first-order valence-corrected chi connectivity index (χ1v) is 8.12. The average Bonchev–Trinajstić information content (AvgIpc) is 2.99. The predicted molar refractivity (Wildman–Crippen MR) is 78.2 cm³/mol. The molecular weight excluding hydrogens is 292 g/mol. The number of carbonyl (C=O) groups is 1. The standard InChI is InChI=1S/C13H14N4O3S/c18-13(15-9-5-6-21(19,20)8-9)14-7-12-16-10-3-1-2-4-11(10)17-12/h1-6,9H,7-8H2,(H,16,17)(H2,14,15,18)/t9-/m0/s1. The highest BCUT2D eigenvalue weighted by Gasteiger charge is 2.22. The van der Waals surface area contributed by atoms with Gasteiger partial charge in [-0.05, 0) is 18.2 Å². The van der Waals surface area contributed by atoms with Gasteiger partial charge < -0.3 is 15.6 Å². The molecule has 0 saturated carbocycles. The number of rotatable bonds is 3. The van der Waals surface area contributed by atoms with Crippen LogP contribution in [0.15, 0.2) is 35.7 Å². The number of hydrogen-bond acceptors (Lipinski definition) is 4. The number of aromatic amines is 1. The van der Waals surface area contributed by atoms with E-state index in [0.717, 1.165) is 16.4 Å². The molecule has 3 N–H and O–H groups in total. The van der Waals surface area contributed by atoms with Gasteiger partial charge in [0.25, 0.3) is 0 Å². The summed E-state index contributed by atoms with van der Waals surface area (Å²) in [6.07, 6.45) is 1.47. The smallest absolute Gasteiger partial charge is 0.315 e. The Bertz CT molecular complexity index is 777. The molecule has 2 heterocycles. The predicted octanol–water partition coefficient (Wildman–Crippen LogP) is 0.673. The van der Waals surface area contributed by atoms with E-state index in [1.807, 2.05) is 24.3 Å². The fourth-order valence-corrected chi connectivity index (χ4v) is 3.37. The Hall–Kier alpha value is -2.35. The van der Waals surface area contributed by atoms with Crippen LogP contribution in [0.5, 0.6) is 0 Å². The van der Waals surface area contributed by atoms with Gasteiger partial charge in [-0.2, -0.15) is 0 Å². The third-order valence-corrected chi connectivity index (χ3v) is 4.50. The van der Waals surface area contributed by atoms with E-state index in [2.05, 4.69) is 20.6 Å². The van der Waals surface area contributed by atoms with E-state index in [0.29, 0.717) is 5.82 Å². The van der Waals surface area contributed by atoms with Gasteiger partial charge in [0.15, 0.2) is 9.84 Å². The number of nitrogens with zero attached hydrogens (tertiary/aromatic N) is 1. The first-order valence-electron chi connectivity index (χ1n) is 6.41. The molecule has 1 aliphatic heterocycles. The molecule has 0 spiro atoms. The van der Waals surface area contributed by atoms with E-state index in [1.165, 1.54) is 6.08 Å². The zero-order valence-electron chi connectivity index (χ0n) is 11.0. The van der Waals surface area contributed by atoms with Gasteiger partial charge >= 0.3 is 6.03 Å². The maximum atomic E-state index is 11.7. The normalized spacial score (nSPS) is 19.7. The molecule has 8 heteroatoms. The van der Waals surface area contributed by atoms with Crippen LogP contribution in [0.4, 0.5) is 4.79 Å². The number of carbonyl (C=O) groups excluding carboxylic acids is 1. The number of imidazole rings is 1. The van der Waals surface area contributed by atoms with Gasteiger partial charge in [0.1, 0.15) is 5.82 Å². The minimum atomic E-state index is -3.17. The third-order valence-electron chi connectivity index (χ3n) is 3.10. The van der Waals surface area contributed by atoms with Crippen molar-refractivity contribution in [1.82, 2.24) is 20.6 Å². The van der Waals surface area contributed by atoms with Crippen LogP contribution in [0.1, 0.15) is 5.82 Å². The number of H-pyrrole nitrogens is 1. The summed E-state index contributed by atoms with van der Waals surface area (Å²) in [6, 6.07) is 6.66. The molecule has 0 radical (unpaired) electrons. The van der Waals surface area contributed by atoms with Crippen LogP contribution < -0.4 is 10.6 Å². The summed E-state index contributed by atoms with van der Waals surface area (Å²) in [4.78, 5) is 19.1. The number of benzene rings is 1. The van der Waals surface area contributed by atoms with Crippen LogP contribution in [-0.2, 0) is 16.4 Å². The van der Waals surface area contributed by atoms with E-state index >= 15 is 0 Å². The molecule has 0 fully saturated rings. The first kappa shape index (κ1) is 13.6. The van der Waals surface area contributed by atoms with E-state index in [4.69, 9.17) is 0 Å². The summed E-state index contributed by atoms with van der Waals surface area (Å²) in [7, 11) is -3.17. The fourth-order valence-electron chi connectivity index (χ4n) is 2.14. The number of sulfone groups is 1. The second-order valence-electron chi connectivity index (χ2n) is 4.79. The number of amides is 2. The Balaban J connectivity index is 1.55. The molecule has 0 aliphatic carbocycles. The zero-order valence-corrected chi connectivity index (χ0v) is 11.9. The summed E-state index contributed by atoms with van der Waals surface area (Å²) >= 11 is 0. The van der Waals surface area contributed by atoms with Crippen LogP contribution in [-0.4, -0.2) is 36.2 Å². The van der Waals surface area contributed by atoms with Crippen LogP contribution in [0, 0.1) is 0 Å². The lowest BCUT2D eigenvalue weighted by Crippen LogP contribution is -2.42. The van der Waals surface area contributed by atoms with Crippen molar-refractivity contribution in [2.24, 2.45) is 0 Å². The molecule has 0 bridgehead atoms. The van der Waals surface area contributed by atoms with Gasteiger partial charge in [0.05, 0.1) is 29.4 Å². The number of para-hydroxylation sites is 2. The molecule has 1 aromatic carbocycles. The molecule has 1 atom stereocenters. The first-order chi connectivity index (χ1) is 10.0. The van der Waals surface area contributed by atoms with Crippen molar-refractivity contribution in [3.63, 3.8) is 0 Å². The molecular formula is C13H14N4O3S. The van der Waals surface area contributed by atoms with Crippen LogP contribution in [0.3, 0.4) is 0 Å². The van der Waals surface area contributed by atoms with Gasteiger partial charge in [-0.25, -0.2) is 18.2 Å². The monoisotopic (exact) mass is 306 g/mol. The lowest BCUT2D eigenvalue weighted by Gasteiger charge is -2.10. The summed E-state index contributed by atoms with van der Waals surface area (Å²) in [5.74, 6) is 0.548. The number of hydrogen-bond donors (Lipinski definition) is 3. The SMILES string of the molecule is O=C(NCc1nc2ccccc2[nH]1)N[C@H]1C=CS(=O)(=O)C1. The fraction of sp³-hybridized carbons (Fsp3) is 0.231. The van der Waals surface area contributed by atoms with Gasteiger partial charge in [-0.3, -0.25) is 0 Å². The van der Waals surface area contributed by atoms with Crippen LogP contribution in [0.2, 0.25) is 0 Å². The van der Waals surface area contributed by atoms with Gasteiger partial charge in [-0.1, -0.05) is 12.1 Å². The number of aromatic nitrogens is 2. The highest BCUT2D eigenvalue weighted by Crippen LogP contribution is 2.10. The Morgan fingerprint density at radius 3 is 2.90 bits per heavy atom. The minimum absolute atomic E-state index is 0.0922. The van der Waals surface area contributed by atoms with Crippen LogP contribution in [0.25, 0.3) is 11.0 Å². The second-order valence-corrected chi connectivity index (χ2v) is 6.72. The van der Waals surface area contributed by atoms with Crippen molar-refractivity contribution in [2.75, 3.05) is 5.75 Å². The van der Waals surface area contributed by atoms with E-state index < -0.39 is 21.9 Å². The number of nitrogens with one attached hydrogen (secondary N) is 3. The summed E-state index contributed by atoms with van der Waals surface area (Å²) in [5, 5.41) is 6.34.